The van der Waals surface area contributed by atoms with E-state index in [0.717, 1.165) is 94.7 Å². The van der Waals surface area contributed by atoms with Crippen LogP contribution in [0.2, 0.25) is 0 Å². The second-order valence-corrected chi connectivity index (χ2v) is 15.0. The van der Waals surface area contributed by atoms with Crippen LogP contribution in [0.5, 0.6) is 0 Å². The maximum Gasteiger partial charge on any atom is 0.234 e. The molecule has 2 N–H and O–H groups in total. The molecule has 3 fully saturated rings. The van der Waals surface area contributed by atoms with E-state index < -0.39 is 0 Å². The summed E-state index contributed by atoms with van der Waals surface area (Å²) in [5.74, 6) is 0.904. The van der Waals surface area contributed by atoms with E-state index in [-0.39, 0.29) is 17.7 Å². The molecular weight excluding hydrogens is 661 g/mol. The highest BCUT2D eigenvalue weighted by atomic mass is 32.1. The first-order chi connectivity index (χ1) is 24.9. The maximum absolute atomic E-state index is 12.3. The predicted molar refractivity (Wildman–Crippen MR) is 194 cm³/mol. The first-order valence-corrected chi connectivity index (χ1v) is 18.7. The number of nitrogens with one attached hydrogen (secondary N) is 2. The van der Waals surface area contributed by atoms with E-state index in [9.17, 15) is 14.9 Å². The number of pyridine rings is 2. The number of hydrogen-bond donors (Lipinski definition) is 2. The molecule has 3 aliphatic rings. The van der Waals surface area contributed by atoms with Crippen molar-refractivity contribution in [2.45, 2.75) is 69.1 Å². The van der Waals surface area contributed by atoms with Crippen molar-refractivity contribution in [1.82, 2.24) is 40.0 Å². The summed E-state index contributed by atoms with van der Waals surface area (Å²) >= 11 is 1.68. The van der Waals surface area contributed by atoms with Crippen LogP contribution in [0.4, 0.5) is 5.69 Å². The molecule has 1 aliphatic carbocycles. The van der Waals surface area contributed by atoms with Crippen molar-refractivity contribution in [2.24, 2.45) is 5.92 Å². The Kier molecular flexibility index (Phi) is 9.27. The lowest BCUT2D eigenvalue weighted by Crippen LogP contribution is -2.39. The quantitative estimate of drug-likeness (QED) is 0.187. The second kappa shape index (κ2) is 14.3. The molecule has 2 saturated heterocycles. The molecule has 0 unspecified atom stereocenters. The summed E-state index contributed by atoms with van der Waals surface area (Å²) in [6.45, 7) is 3.32. The number of nitriles is 1. The van der Waals surface area contributed by atoms with E-state index in [1.807, 2.05) is 49.8 Å². The fourth-order valence-electron chi connectivity index (χ4n) is 7.98. The van der Waals surface area contributed by atoms with Gasteiger partial charge in [-0.25, -0.2) is 4.52 Å². The number of anilines is 1. The van der Waals surface area contributed by atoms with Gasteiger partial charge >= 0.3 is 0 Å². The van der Waals surface area contributed by atoms with E-state index >= 15 is 0 Å². The number of hydrogen-bond acceptors (Lipinski definition) is 11. The number of likely N-dealkylation sites (tertiary alicyclic amines) is 1. The van der Waals surface area contributed by atoms with Crippen molar-refractivity contribution in [3.63, 3.8) is 0 Å². The molecule has 8 rings (SSSR count). The smallest absolute Gasteiger partial charge is 0.234 e. The van der Waals surface area contributed by atoms with Gasteiger partial charge in [-0.05, 0) is 99.8 Å². The minimum absolute atomic E-state index is 0.188. The topological polar surface area (TPSA) is 154 Å². The first-order valence-electron chi connectivity index (χ1n) is 17.9. The van der Waals surface area contributed by atoms with Gasteiger partial charge in [-0.15, -0.1) is 10.2 Å². The number of amides is 2. The van der Waals surface area contributed by atoms with Gasteiger partial charge < -0.3 is 10.2 Å². The molecule has 5 aromatic rings. The Bertz CT molecular complexity index is 2100. The van der Waals surface area contributed by atoms with Crippen LogP contribution in [0, 0.1) is 17.2 Å². The summed E-state index contributed by atoms with van der Waals surface area (Å²) in [6.07, 6.45) is 13.1. The van der Waals surface area contributed by atoms with Gasteiger partial charge in [-0.3, -0.25) is 24.9 Å². The van der Waals surface area contributed by atoms with E-state index in [4.69, 9.17) is 9.97 Å². The third-order valence-corrected chi connectivity index (χ3v) is 12.0. The molecule has 0 spiro atoms. The summed E-state index contributed by atoms with van der Waals surface area (Å²) in [5, 5.41) is 30.7. The van der Waals surface area contributed by atoms with Crippen LogP contribution in [0.15, 0.2) is 55.0 Å². The lowest BCUT2D eigenvalue weighted by atomic mass is 9.81. The molecule has 5 aromatic heterocycles. The van der Waals surface area contributed by atoms with Crippen LogP contribution in [-0.2, 0) is 9.59 Å². The minimum Gasteiger partial charge on any atom is -0.387 e. The molecule has 51 heavy (non-hydrogen) atoms. The fraction of sp³-hybridized carbons (Fsp3) is 0.421. The molecule has 0 aromatic carbocycles. The highest BCUT2D eigenvalue weighted by Crippen LogP contribution is 2.41. The Hall–Kier alpha value is -5.06. The highest BCUT2D eigenvalue weighted by Gasteiger charge is 2.31. The van der Waals surface area contributed by atoms with Crippen molar-refractivity contribution >= 4 is 34.4 Å². The number of rotatable bonds is 8. The average Bonchev–Trinajstić information content (AvgIpc) is 3.83. The first kappa shape index (κ1) is 33.1. The van der Waals surface area contributed by atoms with Gasteiger partial charge in [-0.1, -0.05) is 17.4 Å². The van der Waals surface area contributed by atoms with Crippen LogP contribution in [-0.4, -0.2) is 73.2 Å². The number of fused-ring (bicyclic) bond motifs is 1. The third-order valence-electron chi connectivity index (χ3n) is 10.9. The van der Waals surface area contributed by atoms with Crippen molar-refractivity contribution < 1.29 is 9.59 Å². The Morgan fingerprint density at radius 3 is 2.53 bits per heavy atom. The van der Waals surface area contributed by atoms with Crippen molar-refractivity contribution in [3.8, 4) is 28.0 Å². The number of aromatic nitrogens is 6. The van der Waals surface area contributed by atoms with Gasteiger partial charge in [0.05, 0.1) is 40.1 Å². The van der Waals surface area contributed by atoms with Gasteiger partial charge in [0.15, 0.2) is 5.01 Å². The lowest BCUT2D eigenvalue weighted by molar-refractivity contribution is -0.134. The van der Waals surface area contributed by atoms with E-state index in [1.165, 1.54) is 12.8 Å². The van der Waals surface area contributed by atoms with E-state index in [0.29, 0.717) is 36.2 Å². The van der Waals surface area contributed by atoms with Crippen molar-refractivity contribution in [1.29, 1.82) is 5.26 Å². The van der Waals surface area contributed by atoms with Crippen LogP contribution < -0.4 is 10.6 Å². The van der Waals surface area contributed by atoms with Gasteiger partial charge in [-0.2, -0.15) is 10.4 Å². The number of carbonyl (C=O) groups excluding carboxylic acids is 2. The van der Waals surface area contributed by atoms with Gasteiger partial charge in [0, 0.05) is 55.6 Å². The van der Waals surface area contributed by atoms with Crippen LogP contribution in [0.25, 0.3) is 27.5 Å². The van der Waals surface area contributed by atoms with E-state index in [2.05, 4.69) is 43.0 Å². The monoisotopic (exact) mass is 700 g/mol. The summed E-state index contributed by atoms with van der Waals surface area (Å²) in [6, 6.07) is 14.0. The maximum atomic E-state index is 12.3. The molecular formula is C38H40N10O2S. The van der Waals surface area contributed by atoms with Crippen LogP contribution in [0.1, 0.15) is 90.9 Å². The number of imide groups is 1. The molecule has 0 radical (unpaired) electrons. The minimum atomic E-state index is -0.283. The molecule has 7 heterocycles. The molecule has 13 heteroatoms. The normalized spacial score (nSPS) is 21.8. The van der Waals surface area contributed by atoms with Gasteiger partial charge in [0.25, 0.3) is 0 Å². The molecule has 2 amide bonds. The fourth-order valence-corrected chi connectivity index (χ4v) is 9.02. The van der Waals surface area contributed by atoms with Crippen molar-refractivity contribution in [3.05, 3.63) is 76.8 Å². The molecule has 260 valence electrons. The van der Waals surface area contributed by atoms with Crippen molar-refractivity contribution in [2.75, 3.05) is 32.0 Å². The summed E-state index contributed by atoms with van der Waals surface area (Å²) in [4.78, 5) is 35.9. The Balaban J connectivity index is 0.834. The largest absolute Gasteiger partial charge is 0.387 e. The standard InChI is InChI=1S/C38H40N10O2S/c1-40-32-17-33(34-10-7-28-16-24(18-39)19-43-48(28)34)42-21-30(32)38-46-45-37(51-38)26-4-2-23(3-5-26)22-47-14-12-25(13-15-47)31-9-6-27(20-41-31)29-8-11-35(49)44-36(29)50/h6-7,9-10,16-17,19-21,23,25-26,29H,2-5,8,11-15,22H2,1H3,(H,40,42)(H,44,49,50)/t23?,26?,29-/m1/s1. The SMILES string of the molecule is CNc1cc(-c2ccc3cc(C#N)cnn23)ncc1-c1nnc(C2CCC(CN3CCC(c4ccc([C@H]5CCC(=O)NC5=O)cn4)CC3)CC2)s1. The molecule has 1 saturated carbocycles. The molecule has 12 nitrogen and oxygen atoms in total. The molecule has 1 atom stereocenters. The summed E-state index contributed by atoms with van der Waals surface area (Å²) in [7, 11) is 1.90. The zero-order valence-corrected chi connectivity index (χ0v) is 29.4. The zero-order chi connectivity index (χ0) is 34.9. The third kappa shape index (κ3) is 6.86. The van der Waals surface area contributed by atoms with Gasteiger partial charge in [0.1, 0.15) is 11.1 Å². The second-order valence-electron chi connectivity index (χ2n) is 14.0. The lowest BCUT2D eigenvalue weighted by Gasteiger charge is -2.36. The zero-order valence-electron chi connectivity index (χ0n) is 28.6. The summed E-state index contributed by atoms with van der Waals surface area (Å²) in [5.41, 5.74) is 6.88. The Labute approximate surface area is 300 Å². The predicted octanol–water partition coefficient (Wildman–Crippen LogP) is 5.90. The van der Waals surface area contributed by atoms with Crippen LogP contribution in [0.3, 0.4) is 0 Å². The van der Waals surface area contributed by atoms with Crippen LogP contribution >= 0.6 is 11.3 Å². The van der Waals surface area contributed by atoms with E-state index in [1.54, 1.807) is 22.0 Å². The number of carbonyl (C=O) groups is 2. The Morgan fingerprint density at radius 2 is 1.78 bits per heavy atom. The van der Waals surface area contributed by atoms with Gasteiger partial charge in [0.2, 0.25) is 11.8 Å². The number of nitrogens with zero attached hydrogens (tertiary/aromatic N) is 8. The highest BCUT2D eigenvalue weighted by molar-refractivity contribution is 7.14. The summed E-state index contributed by atoms with van der Waals surface area (Å²) < 4.78 is 1.80. The molecule has 2 aliphatic heterocycles. The molecule has 0 bridgehead atoms. The Morgan fingerprint density at radius 1 is 0.941 bits per heavy atom. The number of piperidine rings is 2. The average molecular weight is 701 g/mol.